The molecule has 0 radical (unpaired) electrons. The van der Waals surface area contributed by atoms with Crippen molar-refractivity contribution >= 4 is 12.2 Å². The van der Waals surface area contributed by atoms with Crippen LogP contribution in [-0.4, -0.2) is 57.9 Å². The smallest absolute Gasteiger partial charge is 0.411 e. The van der Waals surface area contributed by atoms with Crippen molar-refractivity contribution in [2.45, 2.75) is 70.2 Å². The van der Waals surface area contributed by atoms with Gasteiger partial charge in [0, 0.05) is 24.9 Å². The van der Waals surface area contributed by atoms with Gasteiger partial charge in [-0.3, -0.25) is 4.90 Å². The summed E-state index contributed by atoms with van der Waals surface area (Å²) < 4.78 is 11.1. The summed E-state index contributed by atoms with van der Waals surface area (Å²) in [6.45, 7) is 10.7. The molecule has 2 atom stereocenters. The Labute approximate surface area is 219 Å². The number of benzene rings is 2. The molecule has 2 aromatic rings. The molecule has 4 rings (SSSR count). The van der Waals surface area contributed by atoms with E-state index in [1.54, 1.807) is 23.6 Å². The molecule has 0 saturated carbocycles. The average molecular weight is 505 g/mol. The summed E-state index contributed by atoms with van der Waals surface area (Å²) >= 11 is 0. The Morgan fingerprint density at radius 1 is 1.00 bits per heavy atom. The van der Waals surface area contributed by atoms with Crippen molar-refractivity contribution in [1.29, 1.82) is 0 Å². The summed E-state index contributed by atoms with van der Waals surface area (Å²) in [6.07, 6.45) is 0.164. The standard InChI is InChI=1S/C30H36N2O5/c1-22(24-13-11-23(12-14-24)15-16-28(2,3)32-19-20-36-27(32)34)31-18-17-30(37-26(31)33,21-29(4,5)35)25-9-7-6-8-10-25/h6-14,22,35H,17-21H2,1-5H3/t22-,30?/m0/s1. The van der Waals surface area contributed by atoms with Gasteiger partial charge in [-0.25, -0.2) is 9.59 Å². The van der Waals surface area contributed by atoms with Crippen LogP contribution < -0.4 is 0 Å². The maximum atomic E-state index is 13.3. The lowest BCUT2D eigenvalue weighted by molar-refractivity contribution is -0.101. The average Bonchev–Trinajstić information content (AvgIpc) is 3.29. The molecule has 2 amide bonds. The van der Waals surface area contributed by atoms with Crippen molar-refractivity contribution in [3.8, 4) is 11.8 Å². The second-order valence-electron chi connectivity index (χ2n) is 11.0. The van der Waals surface area contributed by atoms with Gasteiger partial charge in [0.25, 0.3) is 0 Å². The molecule has 7 nitrogen and oxygen atoms in total. The molecule has 1 unspecified atom stereocenters. The summed E-state index contributed by atoms with van der Waals surface area (Å²) in [6, 6.07) is 17.3. The Bertz CT molecular complexity index is 1190. The SMILES string of the molecule is C[C@@H](c1ccc(C#CC(C)(C)N2CCOC2=O)cc1)N1CCC(CC(C)(C)O)(c2ccccc2)OC1=O. The second-order valence-corrected chi connectivity index (χ2v) is 11.0. The third-order valence-corrected chi connectivity index (χ3v) is 7.10. The van der Waals surface area contributed by atoms with Gasteiger partial charge in [-0.2, -0.15) is 0 Å². The number of cyclic esters (lactones) is 2. The lowest BCUT2D eigenvalue weighted by atomic mass is 9.80. The molecule has 0 aromatic heterocycles. The highest BCUT2D eigenvalue weighted by molar-refractivity contribution is 5.71. The molecule has 196 valence electrons. The van der Waals surface area contributed by atoms with Gasteiger partial charge in [0.1, 0.15) is 17.7 Å². The monoisotopic (exact) mass is 504 g/mol. The zero-order valence-corrected chi connectivity index (χ0v) is 22.3. The van der Waals surface area contributed by atoms with E-state index in [1.165, 1.54) is 0 Å². The molecular formula is C30H36N2O5. The molecule has 7 heteroatoms. The molecule has 2 fully saturated rings. The fourth-order valence-corrected chi connectivity index (χ4v) is 5.11. The van der Waals surface area contributed by atoms with Crippen LogP contribution in [0.1, 0.15) is 70.2 Å². The first-order valence-corrected chi connectivity index (χ1v) is 12.8. The van der Waals surface area contributed by atoms with E-state index >= 15 is 0 Å². The molecule has 2 saturated heterocycles. The fourth-order valence-electron chi connectivity index (χ4n) is 5.11. The van der Waals surface area contributed by atoms with Gasteiger partial charge in [0.05, 0.1) is 18.2 Å². The predicted molar refractivity (Wildman–Crippen MR) is 141 cm³/mol. The number of carbonyl (C=O) groups is 2. The third-order valence-electron chi connectivity index (χ3n) is 7.10. The first kappa shape index (κ1) is 26.6. The van der Waals surface area contributed by atoms with Crippen LogP contribution in [0, 0.1) is 11.8 Å². The molecule has 2 aromatic carbocycles. The lowest BCUT2D eigenvalue weighted by Crippen LogP contribution is -2.51. The summed E-state index contributed by atoms with van der Waals surface area (Å²) in [7, 11) is 0. The van der Waals surface area contributed by atoms with Crippen molar-refractivity contribution in [1.82, 2.24) is 9.80 Å². The van der Waals surface area contributed by atoms with Crippen LogP contribution in [0.3, 0.4) is 0 Å². The van der Waals surface area contributed by atoms with E-state index in [0.717, 1.165) is 16.7 Å². The molecule has 0 aliphatic carbocycles. The van der Waals surface area contributed by atoms with Gasteiger partial charge in [0.2, 0.25) is 0 Å². The van der Waals surface area contributed by atoms with E-state index < -0.39 is 22.8 Å². The molecule has 1 N–H and O–H groups in total. The minimum Gasteiger partial charge on any atom is -0.447 e. The topological polar surface area (TPSA) is 79.3 Å². The summed E-state index contributed by atoms with van der Waals surface area (Å²) in [5.41, 5.74) is 0.188. The Morgan fingerprint density at radius 2 is 1.68 bits per heavy atom. The van der Waals surface area contributed by atoms with E-state index in [4.69, 9.17) is 9.47 Å². The number of ether oxygens (including phenoxy) is 2. The van der Waals surface area contributed by atoms with E-state index in [2.05, 4.69) is 11.8 Å². The van der Waals surface area contributed by atoms with Crippen molar-refractivity contribution in [2.75, 3.05) is 19.7 Å². The molecule has 2 heterocycles. The summed E-state index contributed by atoms with van der Waals surface area (Å²) in [5, 5.41) is 10.6. The Kier molecular flexibility index (Phi) is 7.25. The van der Waals surface area contributed by atoms with Crippen molar-refractivity contribution in [3.63, 3.8) is 0 Å². The third kappa shape index (κ3) is 5.91. The first-order valence-electron chi connectivity index (χ1n) is 12.8. The van der Waals surface area contributed by atoms with Crippen LogP contribution in [0.25, 0.3) is 0 Å². The Balaban J connectivity index is 1.47. The molecule has 0 spiro atoms. The number of nitrogens with zero attached hydrogens (tertiary/aromatic N) is 2. The van der Waals surface area contributed by atoms with Gasteiger partial charge in [-0.15, -0.1) is 0 Å². The molecule has 0 bridgehead atoms. The minimum absolute atomic E-state index is 0.193. The predicted octanol–water partition coefficient (Wildman–Crippen LogP) is 5.23. The van der Waals surface area contributed by atoms with Crippen LogP contribution >= 0.6 is 0 Å². The normalized spacial score (nSPS) is 21.1. The minimum atomic E-state index is -0.996. The molecule has 2 aliphatic heterocycles. The molecule has 37 heavy (non-hydrogen) atoms. The van der Waals surface area contributed by atoms with Crippen molar-refractivity contribution < 1.29 is 24.2 Å². The van der Waals surface area contributed by atoms with Crippen LogP contribution in [0.5, 0.6) is 0 Å². The highest BCUT2D eigenvalue weighted by Gasteiger charge is 2.46. The zero-order valence-electron chi connectivity index (χ0n) is 22.3. The van der Waals surface area contributed by atoms with Gasteiger partial charge >= 0.3 is 12.2 Å². The maximum Gasteiger partial charge on any atom is 0.411 e. The summed E-state index contributed by atoms with van der Waals surface area (Å²) in [5.74, 6) is 6.34. The van der Waals surface area contributed by atoms with E-state index in [9.17, 15) is 14.7 Å². The first-order chi connectivity index (χ1) is 17.4. The number of aliphatic hydroxyl groups is 1. The fraction of sp³-hybridized carbons (Fsp3) is 0.467. The van der Waals surface area contributed by atoms with Gasteiger partial charge in [-0.1, -0.05) is 54.3 Å². The summed E-state index contributed by atoms with van der Waals surface area (Å²) in [4.78, 5) is 28.5. The highest BCUT2D eigenvalue weighted by atomic mass is 16.6. The van der Waals surface area contributed by atoms with Crippen LogP contribution in [0.4, 0.5) is 9.59 Å². The number of hydrogen-bond donors (Lipinski definition) is 1. The van der Waals surface area contributed by atoms with Crippen molar-refractivity contribution in [3.05, 3.63) is 71.3 Å². The van der Waals surface area contributed by atoms with Crippen LogP contribution in [0.2, 0.25) is 0 Å². The highest BCUT2D eigenvalue weighted by Crippen LogP contribution is 2.42. The van der Waals surface area contributed by atoms with Gasteiger partial charge < -0.3 is 19.5 Å². The maximum absolute atomic E-state index is 13.3. The quantitative estimate of drug-likeness (QED) is 0.545. The zero-order chi connectivity index (χ0) is 26.8. The molecule has 2 aliphatic rings. The lowest BCUT2D eigenvalue weighted by Gasteiger charge is -2.45. The van der Waals surface area contributed by atoms with E-state index in [1.807, 2.05) is 75.4 Å². The van der Waals surface area contributed by atoms with Gasteiger partial charge in [-0.05, 0) is 57.9 Å². The number of rotatable bonds is 6. The van der Waals surface area contributed by atoms with Gasteiger partial charge in [0.15, 0.2) is 0 Å². The Morgan fingerprint density at radius 3 is 2.24 bits per heavy atom. The Hall–Kier alpha value is -3.50. The molecular weight excluding hydrogens is 468 g/mol. The van der Waals surface area contributed by atoms with Crippen LogP contribution in [0.15, 0.2) is 54.6 Å². The van der Waals surface area contributed by atoms with E-state index in [-0.39, 0.29) is 12.1 Å². The number of amides is 2. The number of hydrogen-bond acceptors (Lipinski definition) is 5. The largest absolute Gasteiger partial charge is 0.447 e. The van der Waals surface area contributed by atoms with E-state index in [0.29, 0.717) is 32.5 Å². The number of carbonyl (C=O) groups excluding carboxylic acids is 2. The van der Waals surface area contributed by atoms with Crippen molar-refractivity contribution in [2.24, 2.45) is 0 Å². The van der Waals surface area contributed by atoms with Crippen LogP contribution in [-0.2, 0) is 15.1 Å². The second kappa shape index (κ2) is 10.1.